The van der Waals surface area contributed by atoms with Gasteiger partial charge in [-0.1, -0.05) is 23.7 Å². The first-order valence-electron chi connectivity index (χ1n) is 15.3. The second-order valence-corrected chi connectivity index (χ2v) is 13.4. The van der Waals surface area contributed by atoms with Crippen LogP contribution in [0, 0.1) is 26.7 Å². The number of ketones is 1. The number of fused-ring (bicyclic) bond motifs is 4. The van der Waals surface area contributed by atoms with Gasteiger partial charge < -0.3 is 14.5 Å². The summed E-state index contributed by atoms with van der Waals surface area (Å²) < 4.78 is 7.18. The number of allylic oxidation sites excluding steroid dienone is 1. The molecule has 242 valence electrons. The van der Waals surface area contributed by atoms with E-state index < -0.39 is 0 Å². The Labute approximate surface area is 282 Å². The number of hydrogen-bond donors (Lipinski definition) is 0. The standard InChI is InChI=1S/C18H20N2O4.C17H15ClN4S/c1-12(21)20-10-14-9-19(11-16(14)20)18(23)8-7-17(22)13-3-5-15(24-2)6-4-13;1-9-10(2)23-17-15(9)16(12-4-6-13(18)7-5-12)19-8-14-21-20-11(3)22(14)17/h3-8,14,16H,9-11H2,1-2H3;4-7H,8H2,1-3H3/b8-7+;. The van der Waals surface area contributed by atoms with Gasteiger partial charge in [-0.3, -0.25) is 23.9 Å². The van der Waals surface area contributed by atoms with E-state index in [9.17, 15) is 14.4 Å². The number of benzene rings is 2. The SMILES string of the molecule is COc1ccc(C(=O)/C=C/C(=O)N2CC3CN(C(C)=O)C3C2)cc1.Cc1sc2c(c1C)C(c1ccc(Cl)cc1)=NCc1nnc(C)n1-2. The number of aliphatic imine (C=N–C) groups is 1. The Morgan fingerprint density at radius 2 is 1.68 bits per heavy atom. The lowest BCUT2D eigenvalue weighted by Gasteiger charge is -2.42. The molecule has 12 heteroatoms. The summed E-state index contributed by atoms with van der Waals surface area (Å²) in [5.41, 5.74) is 5.02. The fourth-order valence-corrected chi connectivity index (χ4v) is 7.52. The lowest BCUT2D eigenvalue weighted by molar-refractivity contribution is -0.138. The molecule has 0 radical (unpaired) electrons. The summed E-state index contributed by atoms with van der Waals surface area (Å²) in [5, 5.41) is 10.4. The monoisotopic (exact) mass is 670 g/mol. The number of thiophene rings is 1. The number of carbonyl (C=O) groups excluding carboxylic acids is 3. The van der Waals surface area contributed by atoms with Crippen LogP contribution in [-0.4, -0.2) is 80.7 Å². The number of aryl methyl sites for hydroxylation is 2. The molecule has 5 heterocycles. The van der Waals surface area contributed by atoms with Gasteiger partial charge in [0.15, 0.2) is 11.6 Å². The lowest BCUT2D eigenvalue weighted by Crippen LogP contribution is -2.57. The number of ether oxygens (including phenoxy) is 1. The van der Waals surface area contributed by atoms with E-state index in [1.165, 1.54) is 28.2 Å². The van der Waals surface area contributed by atoms with E-state index in [4.69, 9.17) is 21.3 Å². The third-order valence-electron chi connectivity index (χ3n) is 8.90. The van der Waals surface area contributed by atoms with Crippen molar-refractivity contribution in [3.05, 3.63) is 104 Å². The molecule has 2 atom stereocenters. The minimum absolute atomic E-state index is 0.0516. The van der Waals surface area contributed by atoms with Gasteiger partial charge in [-0.05, 0) is 68.8 Å². The van der Waals surface area contributed by atoms with E-state index in [0.29, 0.717) is 36.9 Å². The average molecular weight is 671 g/mol. The Hall–Kier alpha value is -4.61. The van der Waals surface area contributed by atoms with Gasteiger partial charge in [0.1, 0.15) is 23.1 Å². The summed E-state index contributed by atoms with van der Waals surface area (Å²) in [6, 6.07) is 14.7. The predicted molar refractivity (Wildman–Crippen MR) is 182 cm³/mol. The number of halogens is 1. The molecule has 3 aliphatic heterocycles. The van der Waals surface area contributed by atoms with Gasteiger partial charge in [0.25, 0.3) is 0 Å². The number of hydrogen-bond acceptors (Lipinski definition) is 8. The molecular formula is C35H35ClN6O4S. The van der Waals surface area contributed by atoms with Gasteiger partial charge in [0.05, 0.1) is 18.9 Å². The molecule has 0 bridgehead atoms. The van der Waals surface area contributed by atoms with Crippen molar-refractivity contribution in [1.29, 1.82) is 0 Å². The van der Waals surface area contributed by atoms with E-state index in [2.05, 4.69) is 28.6 Å². The number of aromatic nitrogens is 3. The van der Waals surface area contributed by atoms with Gasteiger partial charge in [0.2, 0.25) is 11.8 Å². The van der Waals surface area contributed by atoms with Crippen molar-refractivity contribution in [2.75, 3.05) is 26.7 Å². The zero-order valence-electron chi connectivity index (χ0n) is 26.9. The van der Waals surface area contributed by atoms with Crippen molar-refractivity contribution in [2.24, 2.45) is 10.9 Å². The third-order valence-corrected chi connectivity index (χ3v) is 10.3. The van der Waals surface area contributed by atoms with E-state index >= 15 is 0 Å². The zero-order chi connectivity index (χ0) is 33.4. The van der Waals surface area contributed by atoms with Crippen molar-refractivity contribution < 1.29 is 19.1 Å². The Kier molecular flexibility index (Phi) is 9.11. The van der Waals surface area contributed by atoms with Crippen LogP contribution >= 0.6 is 22.9 Å². The largest absolute Gasteiger partial charge is 0.497 e. The molecule has 7 rings (SSSR count). The minimum Gasteiger partial charge on any atom is -0.497 e. The maximum Gasteiger partial charge on any atom is 0.246 e. The van der Waals surface area contributed by atoms with Crippen LogP contribution < -0.4 is 4.74 Å². The number of rotatable bonds is 5. The summed E-state index contributed by atoms with van der Waals surface area (Å²) in [4.78, 5) is 45.4. The normalized spacial score (nSPS) is 17.9. The fourth-order valence-electron chi connectivity index (χ4n) is 6.17. The van der Waals surface area contributed by atoms with E-state index in [-0.39, 0.29) is 23.6 Å². The predicted octanol–water partition coefficient (Wildman–Crippen LogP) is 5.38. The zero-order valence-corrected chi connectivity index (χ0v) is 28.4. The number of nitrogens with zero attached hydrogens (tertiary/aromatic N) is 6. The molecule has 3 aliphatic rings. The van der Waals surface area contributed by atoms with Crippen LogP contribution in [0.15, 0.2) is 65.7 Å². The van der Waals surface area contributed by atoms with Gasteiger partial charge in [-0.2, -0.15) is 0 Å². The summed E-state index contributed by atoms with van der Waals surface area (Å²) in [6.07, 6.45) is 2.61. The quantitative estimate of drug-likeness (QED) is 0.208. The topological polar surface area (TPSA) is 110 Å². The number of amides is 2. The van der Waals surface area contributed by atoms with Crippen LogP contribution in [0.4, 0.5) is 0 Å². The van der Waals surface area contributed by atoms with E-state index in [1.807, 2.05) is 31.2 Å². The molecule has 2 aromatic heterocycles. The van der Waals surface area contributed by atoms with Crippen LogP contribution in [0.2, 0.25) is 5.02 Å². The molecule has 0 aliphatic carbocycles. The van der Waals surface area contributed by atoms with Crippen LogP contribution in [-0.2, 0) is 16.1 Å². The summed E-state index contributed by atoms with van der Waals surface area (Å²) in [6.45, 7) is 10.3. The minimum atomic E-state index is -0.224. The van der Waals surface area contributed by atoms with Crippen molar-refractivity contribution in [3.63, 3.8) is 0 Å². The highest BCUT2D eigenvalue weighted by Crippen LogP contribution is 2.36. The van der Waals surface area contributed by atoms with Crippen LogP contribution in [0.25, 0.3) is 5.00 Å². The Morgan fingerprint density at radius 1 is 0.957 bits per heavy atom. The molecule has 2 unspecified atom stereocenters. The van der Waals surface area contributed by atoms with E-state index in [1.54, 1.807) is 59.4 Å². The molecule has 0 saturated carbocycles. The van der Waals surface area contributed by atoms with Crippen molar-refractivity contribution in [2.45, 2.75) is 40.3 Å². The smallest absolute Gasteiger partial charge is 0.246 e. The number of methoxy groups -OCH3 is 1. The van der Waals surface area contributed by atoms with Crippen molar-refractivity contribution in [3.8, 4) is 10.8 Å². The van der Waals surface area contributed by atoms with Crippen LogP contribution in [0.5, 0.6) is 5.75 Å². The first-order chi connectivity index (χ1) is 22.5. The highest BCUT2D eigenvalue weighted by Gasteiger charge is 2.47. The first-order valence-corrected chi connectivity index (χ1v) is 16.5. The number of likely N-dealkylation sites (tertiary alicyclic amines) is 2. The van der Waals surface area contributed by atoms with Gasteiger partial charge >= 0.3 is 0 Å². The second kappa shape index (κ2) is 13.2. The summed E-state index contributed by atoms with van der Waals surface area (Å²) in [7, 11) is 1.56. The van der Waals surface area contributed by atoms with Crippen molar-refractivity contribution >= 4 is 46.2 Å². The molecular weight excluding hydrogens is 636 g/mol. The molecule has 47 heavy (non-hydrogen) atoms. The fraction of sp³-hybridized carbons (Fsp3) is 0.314. The Morgan fingerprint density at radius 3 is 2.36 bits per heavy atom. The molecule has 2 fully saturated rings. The molecule has 4 aromatic rings. The average Bonchev–Trinajstić information content (AvgIpc) is 3.64. The van der Waals surface area contributed by atoms with Gasteiger partial charge in [0, 0.05) is 65.1 Å². The maximum absolute atomic E-state index is 12.2. The first kappa shape index (κ1) is 32.3. The Balaban J connectivity index is 0.000000164. The number of carbonyl (C=O) groups is 3. The Bertz CT molecular complexity index is 1910. The maximum atomic E-state index is 12.2. The molecule has 2 amide bonds. The highest BCUT2D eigenvalue weighted by molar-refractivity contribution is 7.15. The molecule has 10 nitrogen and oxygen atoms in total. The second-order valence-electron chi connectivity index (χ2n) is 11.8. The van der Waals surface area contributed by atoms with Gasteiger partial charge in [-0.25, -0.2) is 0 Å². The molecule has 2 saturated heterocycles. The van der Waals surface area contributed by atoms with E-state index in [0.717, 1.165) is 39.5 Å². The van der Waals surface area contributed by atoms with Gasteiger partial charge in [-0.15, -0.1) is 21.5 Å². The molecule has 0 spiro atoms. The highest BCUT2D eigenvalue weighted by atomic mass is 35.5. The van der Waals surface area contributed by atoms with Crippen molar-refractivity contribution in [1.82, 2.24) is 24.6 Å². The lowest BCUT2D eigenvalue weighted by atomic mass is 9.92. The summed E-state index contributed by atoms with van der Waals surface area (Å²) in [5.74, 6) is 2.46. The molecule has 2 aromatic carbocycles. The third kappa shape index (κ3) is 6.37. The van der Waals surface area contributed by atoms with Crippen LogP contribution in [0.1, 0.15) is 50.5 Å². The summed E-state index contributed by atoms with van der Waals surface area (Å²) >= 11 is 7.80. The molecule has 0 N–H and O–H groups in total. The van der Waals surface area contributed by atoms with Crippen LogP contribution in [0.3, 0.4) is 0 Å².